The molecule has 0 aliphatic rings. The summed E-state index contributed by atoms with van der Waals surface area (Å²) in [4.78, 5) is 11.4. The molecule has 0 aliphatic heterocycles. The highest BCUT2D eigenvalue weighted by atomic mass is 19.1. The van der Waals surface area contributed by atoms with Crippen molar-refractivity contribution < 1.29 is 9.18 Å². The lowest BCUT2D eigenvalue weighted by molar-refractivity contribution is 0.101. The first-order valence-corrected chi connectivity index (χ1v) is 5.87. The Labute approximate surface area is 106 Å². The van der Waals surface area contributed by atoms with Gasteiger partial charge in [-0.05, 0) is 49.6 Å². The van der Waals surface area contributed by atoms with Crippen molar-refractivity contribution in [3.8, 4) is 11.1 Å². The zero-order valence-electron chi connectivity index (χ0n) is 10.8. The SMILES string of the molecule is CC(=O)c1cc(-c2cc(C)ccc2C)ccc1F. The van der Waals surface area contributed by atoms with Crippen LogP contribution in [0.2, 0.25) is 0 Å². The summed E-state index contributed by atoms with van der Waals surface area (Å²) in [5, 5.41) is 0. The van der Waals surface area contributed by atoms with Crippen LogP contribution in [0.25, 0.3) is 11.1 Å². The lowest BCUT2D eigenvalue weighted by Gasteiger charge is -2.09. The highest BCUT2D eigenvalue weighted by Crippen LogP contribution is 2.26. The van der Waals surface area contributed by atoms with Gasteiger partial charge in [-0.25, -0.2) is 4.39 Å². The Balaban J connectivity index is 2.61. The molecule has 0 unspecified atom stereocenters. The maximum absolute atomic E-state index is 13.5. The first-order chi connectivity index (χ1) is 8.49. The van der Waals surface area contributed by atoms with Crippen molar-refractivity contribution in [2.75, 3.05) is 0 Å². The number of aryl methyl sites for hydroxylation is 2. The molecule has 2 heteroatoms. The van der Waals surface area contributed by atoms with E-state index < -0.39 is 5.82 Å². The molecule has 0 saturated carbocycles. The number of hydrogen-bond donors (Lipinski definition) is 0. The Kier molecular flexibility index (Phi) is 3.28. The third-order valence-corrected chi connectivity index (χ3v) is 3.05. The molecule has 0 N–H and O–H groups in total. The number of carbonyl (C=O) groups is 1. The molecule has 0 aliphatic carbocycles. The van der Waals surface area contributed by atoms with E-state index in [2.05, 4.69) is 0 Å². The molecule has 0 saturated heterocycles. The third-order valence-electron chi connectivity index (χ3n) is 3.05. The predicted octanol–water partition coefficient (Wildman–Crippen LogP) is 4.31. The van der Waals surface area contributed by atoms with Crippen LogP contribution >= 0.6 is 0 Å². The highest BCUT2D eigenvalue weighted by Gasteiger charge is 2.10. The first-order valence-electron chi connectivity index (χ1n) is 5.87. The van der Waals surface area contributed by atoms with Gasteiger partial charge in [0.2, 0.25) is 0 Å². The largest absolute Gasteiger partial charge is 0.294 e. The van der Waals surface area contributed by atoms with E-state index in [1.807, 2.05) is 32.0 Å². The molecule has 0 heterocycles. The summed E-state index contributed by atoms with van der Waals surface area (Å²) >= 11 is 0. The van der Waals surface area contributed by atoms with Crippen LogP contribution in [0.5, 0.6) is 0 Å². The van der Waals surface area contributed by atoms with E-state index in [0.29, 0.717) is 0 Å². The van der Waals surface area contributed by atoms with Gasteiger partial charge in [-0.3, -0.25) is 4.79 Å². The molecule has 0 radical (unpaired) electrons. The number of rotatable bonds is 2. The lowest BCUT2D eigenvalue weighted by atomic mass is 9.96. The van der Waals surface area contributed by atoms with Gasteiger partial charge in [0.05, 0.1) is 5.56 Å². The first kappa shape index (κ1) is 12.5. The van der Waals surface area contributed by atoms with E-state index in [0.717, 1.165) is 22.3 Å². The molecule has 2 aromatic rings. The van der Waals surface area contributed by atoms with Crippen molar-refractivity contribution in [2.45, 2.75) is 20.8 Å². The number of ketones is 1. The van der Waals surface area contributed by atoms with Gasteiger partial charge < -0.3 is 0 Å². The molecule has 0 fully saturated rings. The van der Waals surface area contributed by atoms with E-state index in [4.69, 9.17) is 0 Å². The van der Waals surface area contributed by atoms with E-state index >= 15 is 0 Å². The van der Waals surface area contributed by atoms with Gasteiger partial charge in [0.1, 0.15) is 5.82 Å². The summed E-state index contributed by atoms with van der Waals surface area (Å²) < 4.78 is 13.5. The third kappa shape index (κ3) is 2.33. The minimum Gasteiger partial charge on any atom is -0.294 e. The molecule has 18 heavy (non-hydrogen) atoms. The van der Waals surface area contributed by atoms with Gasteiger partial charge in [-0.1, -0.05) is 29.8 Å². The van der Waals surface area contributed by atoms with Crippen molar-refractivity contribution in [1.29, 1.82) is 0 Å². The van der Waals surface area contributed by atoms with Crippen molar-refractivity contribution in [2.24, 2.45) is 0 Å². The topological polar surface area (TPSA) is 17.1 Å². The molecule has 2 rings (SSSR count). The Morgan fingerprint density at radius 3 is 2.44 bits per heavy atom. The van der Waals surface area contributed by atoms with Gasteiger partial charge in [-0.2, -0.15) is 0 Å². The molecular weight excluding hydrogens is 227 g/mol. The Hall–Kier alpha value is -1.96. The Bertz CT molecular complexity index is 614. The normalized spacial score (nSPS) is 10.4. The molecule has 0 aromatic heterocycles. The van der Waals surface area contributed by atoms with Gasteiger partial charge >= 0.3 is 0 Å². The zero-order chi connectivity index (χ0) is 13.3. The predicted molar refractivity (Wildman–Crippen MR) is 71.3 cm³/mol. The van der Waals surface area contributed by atoms with Crippen LogP contribution < -0.4 is 0 Å². The minimum atomic E-state index is -0.462. The van der Waals surface area contributed by atoms with Crippen LogP contribution in [0.3, 0.4) is 0 Å². The number of halogens is 1. The van der Waals surface area contributed by atoms with Crippen LogP contribution in [-0.2, 0) is 0 Å². The van der Waals surface area contributed by atoms with Crippen LogP contribution in [0.4, 0.5) is 4.39 Å². The second-order valence-corrected chi connectivity index (χ2v) is 4.57. The lowest BCUT2D eigenvalue weighted by Crippen LogP contribution is -1.97. The van der Waals surface area contributed by atoms with E-state index in [-0.39, 0.29) is 11.3 Å². The van der Waals surface area contributed by atoms with E-state index in [1.54, 1.807) is 12.1 Å². The van der Waals surface area contributed by atoms with E-state index in [1.165, 1.54) is 13.0 Å². The van der Waals surface area contributed by atoms with Crippen molar-refractivity contribution >= 4 is 5.78 Å². The van der Waals surface area contributed by atoms with E-state index in [9.17, 15) is 9.18 Å². The minimum absolute atomic E-state index is 0.147. The van der Waals surface area contributed by atoms with Crippen LogP contribution in [0.1, 0.15) is 28.4 Å². The molecule has 0 amide bonds. The molecule has 0 atom stereocenters. The number of hydrogen-bond acceptors (Lipinski definition) is 1. The molecule has 2 aromatic carbocycles. The van der Waals surface area contributed by atoms with Crippen LogP contribution in [0, 0.1) is 19.7 Å². The van der Waals surface area contributed by atoms with Crippen molar-refractivity contribution in [1.82, 2.24) is 0 Å². The summed E-state index contributed by atoms with van der Waals surface area (Å²) in [7, 11) is 0. The number of benzene rings is 2. The maximum atomic E-state index is 13.5. The quantitative estimate of drug-likeness (QED) is 0.717. The van der Waals surface area contributed by atoms with Crippen molar-refractivity contribution in [3.05, 3.63) is 58.9 Å². The van der Waals surface area contributed by atoms with Gasteiger partial charge in [0, 0.05) is 0 Å². The zero-order valence-corrected chi connectivity index (χ0v) is 10.8. The molecule has 0 spiro atoms. The van der Waals surface area contributed by atoms with Gasteiger partial charge in [-0.15, -0.1) is 0 Å². The number of Topliss-reactive ketones (excluding diaryl/α,β-unsaturated/α-hetero) is 1. The second-order valence-electron chi connectivity index (χ2n) is 4.57. The Morgan fingerprint density at radius 2 is 1.78 bits per heavy atom. The standard InChI is InChI=1S/C16H15FO/c1-10-4-5-11(2)14(8-10)13-6-7-16(17)15(9-13)12(3)18/h4-9H,1-3H3. The summed E-state index contributed by atoms with van der Waals surface area (Å²) in [5.41, 5.74) is 4.32. The monoisotopic (exact) mass is 242 g/mol. The molecular formula is C16H15FO. The fourth-order valence-electron chi connectivity index (χ4n) is 2.01. The maximum Gasteiger partial charge on any atom is 0.162 e. The number of carbonyl (C=O) groups excluding carboxylic acids is 1. The highest BCUT2D eigenvalue weighted by molar-refractivity contribution is 5.95. The average Bonchev–Trinajstić information content (AvgIpc) is 2.33. The summed E-state index contributed by atoms with van der Waals surface area (Å²) in [5.74, 6) is -0.712. The molecule has 1 nitrogen and oxygen atoms in total. The Morgan fingerprint density at radius 1 is 1.06 bits per heavy atom. The van der Waals surface area contributed by atoms with Crippen LogP contribution in [-0.4, -0.2) is 5.78 Å². The summed E-state index contributed by atoms with van der Waals surface area (Å²) in [6, 6.07) is 10.8. The average molecular weight is 242 g/mol. The second kappa shape index (κ2) is 4.73. The fourth-order valence-corrected chi connectivity index (χ4v) is 2.01. The molecule has 0 bridgehead atoms. The fraction of sp³-hybridized carbons (Fsp3) is 0.188. The van der Waals surface area contributed by atoms with Crippen LogP contribution in [0.15, 0.2) is 36.4 Å². The van der Waals surface area contributed by atoms with Gasteiger partial charge in [0.25, 0.3) is 0 Å². The smallest absolute Gasteiger partial charge is 0.162 e. The summed E-state index contributed by atoms with van der Waals surface area (Å²) in [6.07, 6.45) is 0. The van der Waals surface area contributed by atoms with Gasteiger partial charge in [0.15, 0.2) is 5.78 Å². The van der Waals surface area contributed by atoms with Crippen molar-refractivity contribution in [3.63, 3.8) is 0 Å². The molecule has 92 valence electrons. The summed E-state index contributed by atoms with van der Waals surface area (Å²) in [6.45, 7) is 5.40.